The fourth-order valence-corrected chi connectivity index (χ4v) is 4.30. The van der Waals surface area contributed by atoms with Crippen molar-refractivity contribution >= 4 is 10.0 Å². The molecule has 1 fully saturated rings. The molecule has 0 radical (unpaired) electrons. The van der Waals surface area contributed by atoms with Gasteiger partial charge in [0.2, 0.25) is 10.0 Å². The molecule has 0 amide bonds. The maximum atomic E-state index is 12.3. The van der Waals surface area contributed by atoms with Crippen molar-refractivity contribution in [2.75, 3.05) is 18.9 Å². The predicted octanol–water partition coefficient (Wildman–Crippen LogP) is 0.943. The van der Waals surface area contributed by atoms with Crippen LogP contribution >= 0.6 is 0 Å². The van der Waals surface area contributed by atoms with Crippen LogP contribution in [0.5, 0.6) is 0 Å². The largest absolute Gasteiger partial charge is 0.378 e. The minimum Gasteiger partial charge on any atom is -0.378 e. The summed E-state index contributed by atoms with van der Waals surface area (Å²) in [7, 11) is -3.26. The summed E-state index contributed by atoms with van der Waals surface area (Å²) in [6.45, 7) is 6.41. The Morgan fingerprint density at radius 1 is 1.39 bits per heavy atom. The topological polar surface area (TPSA) is 72.6 Å². The van der Waals surface area contributed by atoms with Gasteiger partial charge in [0, 0.05) is 18.6 Å². The van der Waals surface area contributed by atoms with Crippen molar-refractivity contribution in [3.63, 3.8) is 0 Å². The number of nitrogens with zero attached hydrogens (tertiary/aromatic N) is 1. The van der Waals surface area contributed by atoms with Gasteiger partial charge in [-0.1, -0.05) is 6.42 Å². The molecular weight excluding hydrogens is 252 g/mol. The second-order valence-corrected chi connectivity index (χ2v) is 7.23. The third-order valence-corrected chi connectivity index (χ3v) is 5.32. The second-order valence-electron chi connectivity index (χ2n) is 5.23. The minimum absolute atomic E-state index is 0.0437. The lowest BCUT2D eigenvalue weighted by Gasteiger charge is -2.39. The fraction of sp³-hybridized carbons (Fsp3) is 1.00. The van der Waals surface area contributed by atoms with E-state index in [1.807, 2.05) is 20.8 Å². The van der Waals surface area contributed by atoms with Gasteiger partial charge in [0.15, 0.2) is 0 Å². The minimum atomic E-state index is -3.26. The zero-order valence-corrected chi connectivity index (χ0v) is 12.4. The molecule has 18 heavy (non-hydrogen) atoms. The van der Waals surface area contributed by atoms with Gasteiger partial charge in [-0.25, -0.2) is 8.42 Å². The van der Waals surface area contributed by atoms with Crippen molar-refractivity contribution in [3.05, 3.63) is 0 Å². The molecule has 2 unspecified atom stereocenters. The summed E-state index contributed by atoms with van der Waals surface area (Å²) in [5.74, 6) is 0.0476. The average Bonchev–Trinajstić information content (AvgIpc) is 2.27. The van der Waals surface area contributed by atoms with E-state index in [1.54, 1.807) is 4.31 Å². The first-order valence-electron chi connectivity index (χ1n) is 6.71. The van der Waals surface area contributed by atoms with E-state index in [0.717, 1.165) is 19.3 Å². The zero-order valence-electron chi connectivity index (χ0n) is 11.6. The van der Waals surface area contributed by atoms with E-state index in [9.17, 15) is 8.42 Å². The van der Waals surface area contributed by atoms with Crippen molar-refractivity contribution in [3.8, 4) is 0 Å². The highest BCUT2D eigenvalue weighted by Gasteiger charge is 2.35. The summed E-state index contributed by atoms with van der Waals surface area (Å²) >= 11 is 0. The smallest absolute Gasteiger partial charge is 0.216 e. The van der Waals surface area contributed by atoms with Gasteiger partial charge in [-0.05, 0) is 33.6 Å². The summed E-state index contributed by atoms with van der Waals surface area (Å²) in [5, 5.41) is 0. The van der Waals surface area contributed by atoms with Crippen LogP contribution in [0.3, 0.4) is 0 Å². The Bertz CT molecular complexity index is 343. The summed E-state index contributed by atoms with van der Waals surface area (Å²) in [6, 6.07) is 0.00847. The van der Waals surface area contributed by atoms with Crippen LogP contribution in [0.2, 0.25) is 0 Å². The molecule has 2 atom stereocenters. The first kappa shape index (κ1) is 15.9. The number of piperidine rings is 1. The summed E-state index contributed by atoms with van der Waals surface area (Å²) < 4.78 is 31.6. The molecule has 1 aliphatic heterocycles. The lowest BCUT2D eigenvalue weighted by atomic mass is 10.00. The quantitative estimate of drug-likeness (QED) is 0.785. The average molecular weight is 278 g/mol. The normalized spacial score (nSPS) is 26.7. The summed E-state index contributed by atoms with van der Waals surface area (Å²) in [5.41, 5.74) is 5.69. The number of hydrogen-bond donors (Lipinski definition) is 1. The van der Waals surface area contributed by atoms with Crippen LogP contribution in [0.25, 0.3) is 0 Å². The number of ether oxygens (including phenoxy) is 1. The second kappa shape index (κ2) is 6.84. The van der Waals surface area contributed by atoms with E-state index in [4.69, 9.17) is 10.5 Å². The number of hydrogen-bond acceptors (Lipinski definition) is 4. The molecule has 0 aromatic heterocycles. The van der Waals surface area contributed by atoms with Crippen molar-refractivity contribution in [2.45, 2.75) is 58.2 Å². The number of sulfonamides is 1. The Balaban J connectivity index is 2.68. The van der Waals surface area contributed by atoms with Crippen LogP contribution in [-0.2, 0) is 14.8 Å². The van der Waals surface area contributed by atoms with Crippen LogP contribution in [-0.4, -0.2) is 49.8 Å². The van der Waals surface area contributed by atoms with E-state index in [2.05, 4.69) is 0 Å². The van der Waals surface area contributed by atoms with Gasteiger partial charge in [0.05, 0.1) is 18.5 Å². The molecule has 0 saturated carbocycles. The van der Waals surface area contributed by atoms with E-state index in [0.29, 0.717) is 6.54 Å². The Morgan fingerprint density at radius 2 is 2.06 bits per heavy atom. The lowest BCUT2D eigenvalue weighted by Crippen LogP contribution is -2.52. The molecule has 0 aromatic rings. The number of rotatable bonds is 6. The molecule has 2 N–H and O–H groups in total. The highest BCUT2D eigenvalue weighted by atomic mass is 32.2. The first-order valence-corrected chi connectivity index (χ1v) is 8.32. The van der Waals surface area contributed by atoms with Gasteiger partial charge >= 0.3 is 0 Å². The van der Waals surface area contributed by atoms with E-state index >= 15 is 0 Å². The monoisotopic (exact) mass is 278 g/mol. The van der Waals surface area contributed by atoms with Gasteiger partial charge in [-0.15, -0.1) is 0 Å². The predicted molar refractivity (Wildman–Crippen MR) is 72.9 cm³/mol. The molecule has 1 saturated heterocycles. The zero-order chi connectivity index (χ0) is 13.8. The molecule has 108 valence electrons. The Labute approximate surface area is 111 Å². The highest BCUT2D eigenvalue weighted by Crippen LogP contribution is 2.25. The number of nitrogens with two attached hydrogens (primary N) is 1. The molecule has 0 spiro atoms. The molecule has 1 aliphatic rings. The molecule has 5 nitrogen and oxygen atoms in total. The van der Waals surface area contributed by atoms with Gasteiger partial charge in [0.1, 0.15) is 0 Å². The fourth-order valence-electron chi connectivity index (χ4n) is 2.48. The molecule has 1 heterocycles. The standard InChI is InChI=1S/C12H26N2O3S/c1-10(2)17-7-8-18(15,16)14-11(3)5-4-6-12(14)9-13/h10-12H,4-9,13H2,1-3H3. The molecule has 0 aliphatic carbocycles. The molecule has 0 bridgehead atoms. The summed E-state index contributed by atoms with van der Waals surface area (Å²) in [4.78, 5) is 0. The van der Waals surface area contributed by atoms with Gasteiger partial charge < -0.3 is 10.5 Å². The molecular formula is C12H26N2O3S. The maximum absolute atomic E-state index is 12.3. The Morgan fingerprint density at radius 3 is 2.61 bits per heavy atom. The third kappa shape index (κ3) is 4.19. The van der Waals surface area contributed by atoms with Crippen LogP contribution in [0.1, 0.15) is 40.0 Å². The van der Waals surface area contributed by atoms with Crippen LogP contribution in [0.4, 0.5) is 0 Å². The van der Waals surface area contributed by atoms with Gasteiger partial charge in [-0.2, -0.15) is 4.31 Å². The van der Waals surface area contributed by atoms with Crippen LogP contribution < -0.4 is 5.73 Å². The maximum Gasteiger partial charge on any atom is 0.216 e. The van der Waals surface area contributed by atoms with Crippen LogP contribution in [0, 0.1) is 0 Å². The van der Waals surface area contributed by atoms with E-state index in [1.165, 1.54) is 0 Å². The van der Waals surface area contributed by atoms with Crippen molar-refractivity contribution < 1.29 is 13.2 Å². The van der Waals surface area contributed by atoms with Gasteiger partial charge in [-0.3, -0.25) is 0 Å². The van der Waals surface area contributed by atoms with Crippen molar-refractivity contribution in [1.82, 2.24) is 4.31 Å². The Hall–Kier alpha value is -0.170. The SMILES string of the molecule is CC(C)OCCS(=O)(=O)N1C(C)CCCC1CN. The van der Waals surface area contributed by atoms with E-state index in [-0.39, 0.29) is 30.5 Å². The van der Waals surface area contributed by atoms with Crippen LogP contribution in [0.15, 0.2) is 0 Å². The third-order valence-electron chi connectivity index (χ3n) is 3.34. The highest BCUT2D eigenvalue weighted by molar-refractivity contribution is 7.89. The molecule has 1 rings (SSSR count). The molecule has 6 heteroatoms. The van der Waals surface area contributed by atoms with E-state index < -0.39 is 10.0 Å². The first-order chi connectivity index (χ1) is 8.38. The van der Waals surface area contributed by atoms with Crippen molar-refractivity contribution in [2.24, 2.45) is 5.73 Å². The Kier molecular flexibility index (Phi) is 6.04. The van der Waals surface area contributed by atoms with Gasteiger partial charge in [0.25, 0.3) is 0 Å². The summed E-state index contributed by atoms with van der Waals surface area (Å²) in [6.07, 6.45) is 2.90. The van der Waals surface area contributed by atoms with Crippen molar-refractivity contribution in [1.29, 1.82) is 0 Å². The lowest BCUT2D eigenvalue weighted by molar-refractivity contribution is 0.0897. The molecule has 0 aromatic carbocycles.